The molecule has 0 radical (unpaired) electrons. The maximum Gasteiger partial charge on any atom is 0.490 e. The van der Waals surface area contributed by atoms with Gasteiger partial charge in [0, 0.05) is 17.3 Å². The highest BCUT2D eigenvalue weighted by atomic mass is 19.4. The van der Waals surface area contributed by atoms with Crippen molar-refractivity contribution in [3.63, 3.8) is 0 Å². The molecule has 3 rings (SSSR count). The van der Waals surface area contributed by atoms with Crippen molar-refractivity contribution in [1.29, 1.82) is 0 Å². The van der Waals surface area contributed by atoms with Gasteiger partial charge in [0.15, 0.2) is 23.0 Å². The predicted molar refractivity (Wildman–Crippen MR) is 154 cm³/mol. The highest BCUT2D eigenvalue weighted by molar-refractivity contribution is 6.13. The van der Waals surface area contributed by atoms with Gasteiger partial charge in [-0.1, -0.05) is 12.1 Å². The number of carboxylic acid groups (broad SMARTS) is 1. The Bertz CT molecular complexity index is 1440. The third-order valence-electron chi connectivity index (χ3n) is 5.83. The minimum absolute atomic E-state index is 0.171. The summed E-state index contributed by atoms with van der Waals surface area (Å²) in [6.07, 6.45) is -4.35. The molecule has 0 bridgehead atoms. The first-order valence-corrected chi connectivity index (χ1v) is 12.6. The van der Waals surface area contributed by atoms with E-state index in [4.69, 9.17) is 39.3 Å². The van der Waals surface area contributed by atoms with Crippen molar-refractivity contribution < 1.29 is 56.3 Å². The fourth-order valence-corrected chi connectivity index (χ4v) is 3.70. The van der Waals surface area contributed by atoms with E-state index in [2.05, 4.69) is 10.6 Å². The molecular formula is C29H32F3N3O9. The maximum absolute atomic E-state index is 13.3. The Morgan fingerprint density at radius 2 is 1.25 bits per heavy atom. The van der Waals surface area contributed by atoms with Crippen LogP contribution >= 0.6 is 0 Å². The molecule has 0 atom stereocenters. The van der Waals surface area contributed by atoms with Crippen LogP contribution in [0.15, 0.2) is 48.5 Å². The van der Waals surface area contributed by atoms with Crippen LogP contribution in [0.4, 0.5) is 24.5 Å². The first-order chi connectivity index (χ1) is 20.8. The van der Waals surface area contributed by atoms with Gasteiger partial charge in [0.25, 0.3) is 11.8 Å². The summed E-state index contributed by atoms with van der Waals surface area (Å²) < 4.78 is 58.5. The number of carbonyl (C=O) groups excluding carboxylic acids is 2. The largest absolute Gasteiger partial charge is 0.493 e. The number of nitrogens with two attached hydrogens (primary N) is 1. The van der Waals surface area contributed by atoms with Crippen molar-refractivity contribution in [2.75, 3.05) is 52.7 Å². The van der Waals surface area contributed by atoms with Crippen LogP contribution in [0.5, 0.6) is 28.7 Å². The van der Waals surface area contributed by atoms with Gasteiger partial charge in [0.2, 0.25) is 5.75 Å². The average Bonchev–Trinajstić information content (AvgIpc) is 3.00. The van der Waals surface area contributed by atoms with E-state index in [1.165, 1.54) is 59.8 Å². The van der Waals surface area contributed by atoms with Crippen molar-refractivity contribution >= 4 is 29.2 Å². The van der Waals surface area contributed by atoms with Crippen LogP contribution in [0, 0.1) is 0 Å². The number of nitrogens with one attached hydrogen (secondary N) is 2. The number of aliphatic carboxylic acids is 1. The Morgan fingerprint density at radius 1 is 0.750 bits per heavy atom. The number of anilines is 2. The highest BCUT2D eigenvalue weighted by Crippen LogP contribution is 2.39. The SMILES string of the molecule is COc1cc(NC(=O)c2cc(OC)c(OC)c(OC)c2)c(C(=O)Nc2ccc(CCN)cc2)cc1OC.O=C(O)C(F)(F)F. The molecule has 0 aliphatic heterocycles. The van der Waals surface area contributed by atoms with Gasteiger partial charge in [-0.3, -0.25) is 9.59 Å². The van der Waals surface area contributed by atoms with Crippen LogP contribution in [-0.4, -0.2) is 71.2 Å². The molecule has 15 heteroatoms. The van der Waals surface area contributed by atoms with E-state index >= 15 is 0 Å². The van der Waals surface area contributed by atoms with Gasteiger partial charge in [-0.05, 0) is 48.9 Å². The summed E-state index contributed by atoms with van der Waals surface area (Å²) in [7, 11) is 7.31. The van der Waals surface area contributed by atoms with Gasteiger partial charge in [0.1, 0.15) is 0 Å². The van der Waals surface area contributed by atoms with Gasteiger partial charge in [-0.25, -0.2) is 4.79 Å². The van der Waals surface area contributed by atoms with Crippen LogP contribution in [0.3, 0.4) is 0 Å². The first-order valence-electron chi connectivity index (χ1n) is 12.6. The zero-order valence-electron chi connectivity index (χ0n) is 24.5. The molecule has 3 aromatic carbocycles. The molecule has 0 saturated carbocycles. The normalized spacial score (nSPS) is 10.5. The number of methoxy groups -OCH3 is 5. The lowest BCUT2D eigenvalue weighted by molar-refractivity contribution is -0.192. The van der Waals surface area contributed by atoms with Crippen molar-refractivity contribution in [3.05, 3.63) is 65.2 Å². The van der Waals surface area contributed by atoms with E-state index in [0.717, 1.165) is 12.0 Å². The second-order valence-corrected chi connectivity index (χ2v) is 8.61. The summed E-state index contributed by atoms with van der Waals surface area (Å²) in [5, 5.41) is 12.8. The minimum atomic E-state index is -5.08. The lowest BCUT2D eigenvalue weighted by Gasteiger charge is -2.17. The number of hydrogen-bond donors (Lipinski definition) is 4. The van der Waals surface area contributed by atoms with Crippen molar-refractivity contribution in [2.45, 2.75) is 12.6 Å². The van der Waals surface area contributed by atoms with Gasteiger partial charge in [-0.15, -0.1) is 0 Å². The Labute approximate surface area is 250 Å². The van der Waals surface area contributed by atoms with Crippen LogP contribution in [0.25, 0.3) is 0 Å². The molecule has 0 unspecified atom stereocenters. The number of halogens is 3. The second-order valence-electron chi connectivity index (χ2n) is 8.61. The topological polar surface area (TPSA) is 168 Å². The van der Waals surface area contributed by atoms with Crippen LogP contribution in [0.2, 0.25) is 0 Å². The van der Waals surface area contributed by atoms with Crippen LogP contribution in [-0.2, 0) is 11.2 Å². The molecule has 0 aromatic heterocycles. The number of ether oxygens (including phenoxy) is 5. The van der Waals surface area contributed by atoms with Gasteiger partial charge < -0.3 is 45.2 Å². The zero-order valence-corrected chi connectivity index (χ0v) is 24.5. The Hall–Kier alpha value is -5.18. The molecule has 0 aliphatic carbocycles. The summed E-state index contributed by atoms with van der Waals surface area (Å²) in [5.74, 6) is -2.06. The average molecular weight is 624 g/mol. The Balaban J connectivity index is 0.000000860. The van der Waals surface area contributed by atoms with Crippen LogP contribution < -0.4 is 40.1 Å². The first kappa shape index (κ1) is 35.0. The molecule has 238 valence electrons. The fraction of sp³-hybridized carbons (Fsp3) is 0.276. The number of amides is 2. The molecule has 2 amide bonds. The van der Waals surface area contributed by atoms with Gasteiger partial charge in [-0.2, -0.15) is 13.2 Å². The Morgan fingerprint density at radius 3 is 1.68 bits per heavy atom. The maximum atomic E-state index is 13.3. The predicted octanol–water partition coefficient (Wildman–Crippen LogP) is 4.37. The minimum Gasteiger partial charge on any atom is -0.493 e. The van der Waals surface area contributed by atoms with E-state index in [1.54, 1.807) is 12.1 Å². The molecule has 44 heavy (non-hydrogen) atoms. The number of alkyl halides is 3. The second kappa shape index (κ2) is 15.9. The van der Waals surface area contributed by atoms with E-state index in [9.17, 15) is 22.8 Å². The van der Waals surface area contributed by atoms with Crippen molar-refractivity contribution in [2.24, 2.45) is 5.73 Å². The molecule has 0 spiro atoms. The monoisotopic (exact) mass is 623 g/mol. The molecular weight excluding hydrogens is 591 g/mol. The molecule has 0 saturated heterocycles. The molecule has 0 heterocycles. The summed E-state index contributed by atoms with van der Waals surface area (Å²) in [6.45, 7) is 0.534. The zero-order chi connectivity index (χ0) is 33.0. The van der Waals surface area contributed by atoms with E-state index < -0.39 is 24.0 Å². The number of rotatable bonds is 11. The molecule has 12 nitrogen and oxygen atoms in total. The highest BCUT2D eigenvalue weighted by Gasteiger charge is 2.38. The van der Waals surface area contributed by atoms with Gasteiger partial charge >= 0.3 is 12.1 Å². The fourth-order valence-electron chi connectivity index (χ4n) is 3.70. The van der Waals surface area contributed by atoms with Crippen molar-refractivity contribution in [3.8, 4) is 28.7 Å². The van der Waals surface area contributed by atoms with E-state index in [1.807, 2.05) is 12.1 Å². The third kappa shape index (κ3) is 9.16. The number of hydrogen-bond acceptors (Lipinski definition) is 9. The quantitative estimate of drug-likeness (QED) is 0.241. The summed E-state index contributed by atoms with van der Waals surface area (Å²) in [4.78, 5) is 35.4. The molecule has 0 aliphatic rings. The number of carbonyl (C=O) groups is 3. The summed E-state index contributed by atoms with van der Waals surface area (Å²) in [5.41, 5.74) is 7.87. The van der Waals surface area contributed by atoms with Crippen molar-refractivity contribution in [1.82, 2.24) is 0 Å². The number of benzene rings is 3. The van der Waals surface area contributed by atoms with E-state index in [0.29, 0.717) is 41.0 Å². The Kier molecular flexibility index (Phi) is 12.6. The smallest absolute Gasteiger partial charge is 0.490 e. The number of carboxylic acids is 1. The van der Waals surface area contributed by atoms with Crippen LogP contribution in [0.1, 0.15) is 26.3 Å². The molecule has 0 fully saturated rings. The summed E-state index contributed by atoms with van der Waals surface area (Å²) >= 11 is 0. The summed E-state index contributed by atoms with van der Waals surface area (Å²) in [6, 6.07) is 13.4. The molecule has 5 N–H and O–H groups in total. The lowest BCUT2D eigenvalue weighted by atomic mass is 10.1. The molecule has 3 aromatic rings. The lowest BCUT2D eigenvalue weighted by Crippen LogP contribution is -2.21. The standard InChI is InChI=1S/C27H31N3O7.C2HF3O2/c1-33-21-14-19(27(32)29-18-8-6-16(7-9-18)10-11-28)20(15-22(21)34-2)30-26(31)17-12-23(35-3)25(37-5)24(13-17)36-4;3-2(4,5)1(6)7/h6-9,12-15H,10-11,28H2,1-5H3,(H,29,32)(H,30,31);(H,6,7). The third-order valence-corrected chi connectivity index (χ3v) is 5.83. The van der Waals surface area contributed by atoms with E-state index in [-0.39, 0.29) is 16.8 Å². The van der Waals surface area contributed by atoms with Gasteiger partial charge in [0.05, 0.1) is 46.8 Å².